The first-order chi connectivity index (χ1) is 6.72. The van der Waals surface area contributed by atoms with Gasteiger partial charge in [0.25, 0.3) is 5.91 Å². The molecule has 0 saturated heterocycles. The van der Waals surface area contributed by atoms with Crippen molar-refractivity contribution in [3.8, 4) is 0 Å². The van der Waals surface area contributed by atoms with E-state index in [2.05, 4.69) is 10.6 Å². The van der Waals surface area contributed by atoms with Crippen LogP contribution in [0, 0.1) is 0 Å². The van der Waals surface area contributed by atoms with E-state index in [9.17, 15) is 22.8 Å². The van der Waals surface area contributed by atoms with Crippen LogP contribution < -0.4 is 16.5 Å². The van der Waals surface area contributed by atoms with Crippen molar-refractivity contribution in [1.82, 2.24) is 10.8 Å². The van der Waals surface area contributed by atoms with E-state index in [1.165, 1.54) is 12.4 Å². The lowest BCUT2D eigenvalue weighted by molar-refractivity contribution is -0.192. The largest absolute Gasteiger partial charge is 0.414 e. The first-order valence-corrected chi connectivity index (χ1v) is 3.76. The summed E-state index contributed by atoms with van der Waals surface area (Å²) in [6, 6.07) is -2.04. The van der Waals surface area contributed by atoms with Gasteiger partial charge in [-0.25, -0.2) is 10.3 Å². The van der Waals surface area contributed by atoms with E-state index >= 15 is 0 Å². The molecule has 15 heavy (non-hydrogen) atoms. The predicted octanol–water partition coefficient (Wildman–Crippen LogP) is -0.347. The zero-order valence-electron chi connectivity index (χ0n) is 7.72. The second kappa shape index (κ2) is 5.39. The average Bonchev–Trinajstić information content (AvgIpc) is 2.00. The molecule has 0 aromatic heterocycles. The van der Waals surface area contributed by atoms with Gasteiger partial charge in [0.05, 0.1) is 0 Å². The molecule has 0 aromatic rings. The molecule has 1 atom stereocenters. The van der Waals surface area contributed by atoms with Gasteiger partial charge in [-0.1, -0.05) is 0 Å². The van der Waals surface area contributed by atoms with Gasteiger partial charge >= 0.3 is 12.2 Å². The highest BCUT2D eigenvalue weighted by Crippen LogP contribution is 2.13. The molecule has 1 unspecified atom stereocenters. The predicted molar refractivity (Wildman–Crippen MR) is 42.3 cm³/mol. The maximum absolute atomic E-state index is 11.6. The van der Waals surface area contributed by atoms with Crippen molar-refractivity contribution in [3.05, 3.63) is 0 Å². The Balaban J connectivity index is 3.79. The molecular formula is C6H10F3N3O3. The van der Waals surface area contributed by atoms with Crippen molar-refractivity contribution in [3.63, 3.8) is 0 Å². The van der Waals surface area contributed by atoms with Gasteiger partial charge in [0, 0.05) is 0 Å². The summed E-state index contributed by atoms with van der Waals surface area (Å²) in [5.74, 6) is -0.932. The van der Waals surface area contributed by atoms with Gasteiger partial charge in [0.15, 0.2) is 6.61 Å². The molecule has 0 aliphatic carbocycles. The van der Waals surface area contributed by atoms with Gasteiger partial charge in [0.2, 0.25) is 0 Å². The summed E-state index contributed by atoms with van der Waals surface area (Å²) in [5, 5.41) is 1.96. The van der Waals surface area contributed by atoms with Crippen molar-refractivity contribution >= 4 is 11.9 Å². The number of nitrogens with two attached hydrogens (primary N) is 1. The third-order valence-corrected chi connectivity index (χ3v) is 1.16. The van der Waals surface area contributed by atoms with Crippen molar-refractivity contribution < 1.29 is 27.6 Å². The standard InChI is InChI=1S/C6H10F3N3O3/c1-3(11-5(10)14)4(13)12-15-2-6(7,8)9/h3H,2H2,1H3,(H,12,13)(H3,10,11,14). The van der Waals surface area contributed by atoms with Crippen LogP contribution in [0.4, 0.5) is 18.0 Å². The number of halogens is 3. The Kier molecular flexibility index (Phi) is 4.85. The van der Waals surface area contributed by atoms with Crippen LogP contribution >= 0.6 is 0 Å². The Bertz CT molecular complexity index is 244. The van der Waals surface area contributed by atoms with Crippen LogP contribution in [-0.2, 0) is 9.63 Å². The zero-order valence-corrected chi connectivity index (χ0v) is 7.72. The molecule has 0 rings (SSSR count). The minimum atomic E-state index is -4.53. The van der Waals surface area contributed by atoms with Crippen LogP contribution in [0.1, 0.15) is 6.92 Å². The number of hydrogen-bond donors (Lipinski definition) is 3. The number of rotatable bonds is 4. The summed E-state index contributed by atoms with van der Waals surface area (Å²) in [4.78, 5) is 25.0. The van der Waals surface area contributed by atoms with Crippen LogP contribution in [-0.4, -0.2) is 30.8 Å². The van der Waals surface area contributed by atoms with Crippen LogP contribution in [0.25, 0.3) is 0 Å². The Morgan fingerprint density at radius 3 is 2.40 bits per heavy atom. The molecule has 0 spiro atoms. The molecule has 4 N–H and O–H groups in total. The van der Waals surface area contributed by atoms with Gasteiger partial charge in [-0.3, -0.25) is 9.63 Å². The third-order valence-electron chi connectivity index (χ3n) is 1.16. The zero-order chi connectivity index (χ0) is 12.1. The number of alkyl halides is 3. The molecule has 0 radical (unpaired) electrons. The van der Waals surface area contributed by atoms with E-state index in [1.54, 1.807) is 0 Å². The van der Waals surface area contributed by atoms with E-state index in [0.717, 1.165) is 0 Å². The van der Waals surface area contributed by atoms with Crippen LogP contribution in [0.5, 0.6) is 0 Å². The minimum absolute atomic E-state index is 0.932. The monoisotopic (exact) mass is 229 g/mol. The fourth-order valence-electron chi connectivity index (χ4n) is 0.556. The fourth-order valence-corrected chi connectivity index (χ4v) is 0.556. The Morgan fingerprint density at radius 2 is 2.00 bits per heavy atom. The first kappa shape index (κ1) is 13.5. The Hall–Kier alpha value is -1.51. The van der Waals surface area contributed by atoms with Gasteiger partial charge in [-0.2, -0.15) is 13.2 Å². The summed E-state index contributed by atoms with van der Waals surface area (Å²) >= 11 is 0. The van der Waals surface area contributed by atoms with E-state index in [4.69, 9.17) is 0 Å². The molecule has 0 fully saturated rings. The fraction of sp³-hybridized carbons (Fsp3) is 0.667. The number of nitrogens with one attached hydrogen (secondary N) is 2. The van der Waals surface area contributed by atoms with Crippen LogP contribution in [0.2, 0.25) is 0 Å². The lowest BCUT2D eigenvalue weighted by Gasteiger charge is -2.12. The molecule has 0 bridgehead atoms. The number of carbonyl (C=O) groups excluding carboxylic acids is 2. The number of hydrogen-bond acceptors (Lipinski definition) is 3. The van der Waals surface area contributed by atoms with Gasteiger partial charge < -0.3 is 11.1 Å². The SMILES string of the molecule is CC(NC(N)=O)C(=O)NOCC(F)(F)F. The van der Waals surface area contributed by atoms with E-state index in [1.807, 2.05) is 5.32 Å². The highest BCUT2D eigenvalue weighted by atomic mass is 19.4. The average molecular weight is 229 g/mol. The normalized spacial score (nSPS) is 13.1. The summed E-state index contributed by atoms with van der Waals surface area (Å²) in [5.41, 5.74) is 6.19. The smallest absolute Gasteiger partial charge is 0.352 e. The molecule has 0 saturated carbocycles. The lowest BCUT2D eigenvalue weighted by Crippen LogP contribution is -2.47. The lowest BCUT2D eigenvalue weighted by atomic mass is 10.3. The van der Waals surface area contributed by atoms with Gasteiger partial charge in [-0.15, -0.1) is 0 Å². The van der Waals surface area contributed by atoms with Crippen molar-refractivity contribution in [2.75, 3.05) is 6.61 Å². The molecule has 9 heteroatoms. The molecule has 0 aliphatic rings. The summed E-state index contributed by atoms with van der Waals surface area (Å²) < 4.78 is 34.7. The van der Waals surface area contributed by atoms with E-state index < -0.39 is 30.8 Å². The maximum atomic E-state index is 11.6. The van der Waals surface area contributed by atoms with Crippen molar-refractivity contribution in [2.45, 2.75) is 19.1 Å². The number of carbonyl (C=O) groups is 2. The van der Waals surface area contributed by atoms with Crippen molar-refractivity contribution in [1.29, 1.82) is 0 Å². The Morgan fingerprint density at radius 1 is 1.47 bits per heavy atom. The number of amides is 3. The summed E-state index contributed by atoms with van der Waals surface area (Å²) in [6.45, 7) is -0.376. The van der Waals surface area contributed by atoms with Gasteiger partial charge in [0.1, 0.15) is 6.04 Å². The highest BCUT2D eigenvalue weighted by molar-refractivity contribution is 5.85. The second-order valence-electron chi connectivity index (χ2n) is 2.60. The molecule has 88 valence electrons. The topological polar surface area (TPSA) is 93.5 Å². The highest BCUT2D eigenvalue weighted by Gasteiger charge is 2.28. The van der Waals surface area contributed by atoms with Crippen LogP contribution in [0.15, 0.2) is 0 Å². The minimum Gasteiger partial charge on any atom is -0.352 e. The number of primary amides is 1. The van der Waals surface area contributed by atoms with E-state index in [-0.39, 0.29) is 0 Å². The Labute approximate surface area is 82.9 Å². The second-order valence-corrected chi connectivity index (χ2v) is 2.60. The molecular weight excluding hydrogens is 219 g/mol. The quantitative estimate of drug-likeness (QED) is 0.575. The van der Waals surface area contributed by atoms with E-state index in [0.29, 0.717) is 0 Å². The van der Waals surface area contributed by atoms with Crippen molar-refractivity contribution in [2.24, 2.45) is 5.73 Å². The first-order valence-electron chi connectivity index (χ1n) is 3.76. The maximum Gasteiger partial charge on any atom is 0.414 e. The summed E-state index contributed by atoms with van der Waals surface area (Å²) in [7, 11) is 0. The number of hydroxylamine groups is 1. The molecule has 0 aromatic carbocycles. The summed E-state index contributed by atoms with van der Waals surface area (Å²) in [6.07, 6.45) is -4.53. The molecule has 3 amide bonds. The number of urea groups is 1. The van der Waals surface area contributed by atoms with Crippen LogP contribution in [0.3, 0.4) is 0 Å². The third kappa shape index (κ3) is 7.55. The van der Waals surface area contributed by atoms with Gasteiger partial charge in [-0.05, 0) is 6.92 Å². The molecule has 0 heterocycles. The molecule has 0 aliphatic heterocycles. The molecule has 6 nitrogen and oxygen atoms in total.